The molecule has 0 amide bonds. The predicted octanol–water partition coefficient (Wildman–Crippen LogP) is 3.31. The number of rotatable bonds is 3. The SMILES string of the molecule is CCn1c(-c2ccc(OC)cc2N)nc2ccccc21. The number of anilines is 1. The Morgan fingerprint density at radius 3 is 2.70 bits per heavy atom. The summed E-state index contributed by atoms with van der Waals surface area (Å²) in [6, 6.07) is 13.8. The summed E-state index contributed by atoms with van der Waals surface area (Å²) in [6.45, 7) is 2.96. The largest absolute Gasteiger partial charge is 0.497 e. The van der Waals surface area contributed by atoms with E-state index in [0.29, 0.717) is 5.69 Å². The maximum Gasteiger partial charge on any atom is 0.143 e. The van der Waals surface area contributed by atoms with Crippen molar-refractivity contribution in [2.75, 3.05) is 12.8 Å². The molecule has 2 aromatic carbocycles. The molecule has 4 heteroatoms. The summed E-state index contributed by atoms with van der Waals surface area (Å²) in [5.74, 6) is 1.65. The number of ether oxygens (including phenoxy) is 1. The fraction of sp³-hybridized carbons (Fsp3) is 0.188. The van der Waals surface area contributed by atoms with Crippen LogP contribution < -0.4 is 10.5 Å². The first-order valence-electron chi connectivity index (χ1n) is 6.63. The molecule has 20 heavy (non-hydrogen) atoms. The van der Waals surface area contributed by atoms with Gasteiger partial charge in [0.15, 0.2) is 0 Å². The van der Waals surface area contributed by atoms with Crippen molar-refractivity contribution in [2.45, 2.75) is 13.5 Å². The monoisotopic (exact) mass is 267 g/mol. The normalized spacial score (nSPS) is 10.9. The standard InChI is InChI=1S/C16H17N3O/c1-3-19-15-7-5-4-6-14(15)18-16(19)12-9-8-11(20-2)10-13(12)17/h4-10H,3,17H2,1-2H3. The molecule has 0 aliphatic heterocycles. The Balaban J connectivity index is 2.23. The summed E-state index contributed by atoms with van der Waals surface area (Å²) in [6.07, 6.45) is 0. The number of hydrogen-bond acceptors (Lipinski definition) is 3. The van der Waals surface area contributed by atoms with Gasteiger partial charge in [0.25, 0.3) is 0 Å². The minimum atomic E-state index is 0.675. The van der Waals surface area contributed by atoms with Gasteiger partial charge < -0.3 is 15.0 Å². The zero-order valence-electron chi connectivity index (χ0n) is 11.6. The molecule has 1 heterocycles. The van der Waals surface area contributed by atoms with Crippen molar-refractivity contribution in [3.8, 4) is 17.1 Å². The average molecular weight is 267 g/mol. The molecule has 0 atom stereocenters. The summed E-state index contributed by atoms with van der Waals surface area (Å²) in [5, 5.41) is 0. The van der Waals surface area contributed by atoms with Crippen LogP contribution >= 0.6 is 0 Å². The number of imidazole rings is 1. The van der Waals surface area contributed by atoms with Crippen molar-refractivity contribution in [1.29, 1.82) is 0 Å². The molecule has 0 spiro atoms. The summed E-state index contributed by atoms with van der Waals surface area (Å²) in [5.41, 5.74) is 9.86. The van der Waals surface area contributed by atoms with E-state index in [9.17, 15) is 0 Å². The van der Waals surface area contributed by atoms with Crippen LogP contribution in [0, 0.1) is 0 Å². The highest BCUT2D eigenvalue weighted by molar-refractivity contribution is 5.84. The van der Waals surface area contributed by atoms with Gasteiger partial charge in [0.1, 0.15) is 11.6 Å². The molecule has 0 fully saturated rings. The maximum atomic E-state index is 6.14. The van der Waals surface area contributed by atoms with Crippen LogP contribution in [0.15, 0.2) is 42.5 Å². The first-order valence-corrected chi connectivity index (χ1v) is 6.63. The minimum Gasteiger partial charge on any atom is -0.497 e. The Labute approximate surface area is 117 Å². The van der Waals surface area contributed by atoms with E-state index in [0.717, 1.165) is 34.7 Å². The van der Waals surface area contributed by atoms with Crippen molar-refractivity contribution in [3.63, 3.8) is 0 Å². The minimum absolute atomic E-state index is 0.675. The van der Waals surface area contributed by atoms with Gasteiger partial charge in [-0.05, 0) is 31.2 Å². The van der Waals surface area contributed by atoms with Gasteiger partial charge in [-0.1, -0.05) is 12.1 Å². The highest BCUT2D eigenvalue weighted by Gasteiger charge is 2.13. The van der Waals surface area contributed by atoms with Gasteiger partial charge in [-0.2, -0.15) is 0 Å². The zero-order valence-corrected chi connectivity index (χ0v) is 11.6. The van der Waals surface area contributed by atoms with Gasteiger partial charge in [-0.3, -0.25) is 0 Å². The van der Waals surface area contributed by atoms with Crippen LogP contribution in [0.2, 0.25) is 0 Å². The lowest BCUT2D eigenvalue weighted by Crippen LogP contribution is -2.00. The Hall–Kier alpha value is -2.49. The molecule has 2 N–H and O–H groups in total. The average Bonchev–Trinajstić information content (AvgIpc) is 2.85. The Kier molecular flexibility index (Phi) is 3.06. The predicted molar refractivity (Wildman–Crippen MR) is 81.8 cm³/mol. The molecule has 0 unspecified atom stereocenters. The van der Waals surface area contributed by atoms with Crippen LogP contribution in [0.3, 0.4) is 0 Å². The van der Waals surface area contributed by atoms with E-state index in [1.807, 2.05) is 36.4 Å². The molecule has 3 aromatic rings. The van der Waals surface area contributed by atoms with E-state index in [4.69, 9.17) is 15.5 Å². The lowest BCUT2D eigenvalue weighted by Gasteiger charge is -2.09. The van der Waals surface area contributed by atoms with Crippen LogP contribution in [0.1, 0.15) is 6.92 Å². The third-order valence-corrected chi connectivity index (χ3v) is 3.47. The fourth-order valence-corrected chi connectivity index (χ4v) is 2.47. The van der Waals surface area contributed by atoms with Crippen molar-refractivity contribution in [3.05, 3.63) is 42.5 Å². The number of para-hydroxylation sites is 2. The molecule has 1 aromatic heterocycles. The summed E-state index contributed by atoms with van der Waals surface area (Å²) in [4.78, 5) is 4.71. The van der Waals surface area contributed by atoms with E-state index in [-0.39, 0.29) is 0 Å². The number of fused-ring (bicyclic) bond motifs is 1. The second kappa shape index (κ2) is 4.89. The number of benzene rings is 2. The number of hydrogen-bond donors (Lipinski definition) is 1. The summed E-state index contributed by atoms with van der Waals surface area (Å²) in [7, 11) is 1.63. The topological polar surface area (TPSA) is 53.1 Å². The van der Waals surface area contributed by atoms with Gasteiger partial charge in [0.05, 0.1) is 18.1 Å². The number of aromatic nitrogens is 2. The molecular weight excluding hydrogens is 250 g/mol. The van der Waals surface area contributed by atoms with E-state index in [2.05, 4.69) is 17.6 Å². The first kappa shape index (κ1) is 12.5. The van der Waals surface area contributed by atoms with Crippen molar-refractivity contribution in [1.82, 2.24) is 9.55 Å². The summed E-state index contributed by atoms with van der Waals surface area (Å²) >= 11 is 0. The molecule has 0 radical (unpaired) electrons. The lowest BCUT2D eigenvalue weighted by atomic mass is 10.1. The van der Waals surface area contributed by atoms with Crippen molar-refractivity contribution < 1.29 is 4.74 Å². The number of nitrogens with two attached hydrogens (primary N) is 1. The van der Waals surface area contributed by atoms with Gasteiger partial charge in [-0.25, -0.2) is 4.98 Å². The molecule has 3 rings (SSSR count). The smallest absolute Gasteiger partial charge is 0.143 e. The molecule has 102 valence electrons. The van der Waals surface area contributed by atoms with Crippen molar-refractivity contribution in [2.24, 2.45) is 0 Å². The molecule has 0 bridgehead atoms. The van der Waals surface area contributed by atoms with E-state index < -0.39 is 0 Å². The van der Waals surface area contributed by atoms with Crippen LogP contribution in [0.5, 0.6) is 5.75 Å². The van der Waals surface area contributed by atoms with Gasteiger partial charge in [-0.15, -0.1) is 0 Å². The van der Waals surface area contributed by atoms with Gasteiger partial charge in [0.2, 0.25) is 0 Å². The Bertz CT molecular complexity index is 762. The molecule has 0 saturated carbocycles. The van der Waals surface area contributed by atoms with Crippen LogP contribution in [0.25, 0.3) is 22.4 Å². The lowest BCUT2D eigenvalue weighted by molar-refractivity contribution is 0.415. The second-order valence-corrected chi connectivity index (χ2v) is 4.62. The fourth-order valence-electron chi connectivity index (χ4n) is 2.47. The number of aryl methyl sites for hydroxylation is 1. The zero-order chi connectivity index (χ0) is 14.1. The van der Waals surface area contributed by atoms with Crippen LogP contribution in [-0.2, 0) is 6.54 Å². The Morgan fingerprint density at radius 1 is 1.20 bits per heavy atom. The quantitative estimate of drug-likeness (QED) is 0.741. The summed E-state index contributed by atoms with van der Waals surface area (Å²) < 4.78 is 7.37. The van der Waals surface area contributed by atoms with Gasteiger partial charge >= 0.3 is 0 Å². The number of nitrogen functional groups attached to an aromatic ring is 1. The molecule has 0 saturated heterocycles. The second-order valence-electron chi connectivity index (χ2n) is 4.62. The maximum absolute atomic E-state index is 6.14. The number of nitrogens with zero attached hydrogens (tertiary/aromatic N) is 2. The molecular formula is C16H17N3O. The molecule has 0 aliphatic rings. The van der Waals surface area contributed by atoms with Crippen molar-refractivity contribution >= 4 is 16.7 Å². The third-order valence-electron chi connectivity index (χ3n) is 3.47. The third kappa shape index (κ3) is 1.90. The number of methoxy groups -OCH3 is 1. The highest BCUT2D eigenvalue weighted by atomic mass is 16.5. The molecule has 0 aliphatic carbocycles. The Morgan fingerprint density at radius 2 is 2.00 bits per heavy atom. The first-order chi connectivity index (χ1) is 9.74. The highest BCUT2D eigenvalue weighted by Crippen LogP contribution is 2.31. The van der Waals surface area contributed by atoms with E-state index in [1.54, 1.807) is 7.11 Å². The van der Waals surface area contributed by atoms with Crippen LogP contribution in [-0.4, -0.2) is 16.7 Å². The van der Waals surface area contributed by atoms with Crippen LogP contribution in [0.4, 0.5) is 5.69 Å². The van der Waals surface area contributed by atoms with E-state index in [1.165, 1.54) is 0 Å². The van der Waals surface area contributed by atoms with E-state index >= 15 is 0 Å². The molecule has 4 nitrogen and oxygen atoms in total. The van der Waals surface area contributed by atoms with Gasteiger partial charge in [0, 0.05) is 23.9 Å².